The van der Waals surface area contributed by atoms with Gasteiger partial charge in [0.25, 0.3) is 0 Å². The van der Waals surface area contributed by atoms with Gasteiger partial charge in [0.05, 0.1) is 6.10 Å². The van der Waals surface area contributed by atoms with Crippen molar-refractivity contribution in [1.82, 2.24) is 5.32 Å². The first-order valence-electron chi connectivity index (χ1n) is 7.62. The molecule has 0 aromatic heterocycles. The van der Waals surface area contributed by atoms with Crippen molar-refractivity contribution in [2.24, 2.45) is 11.8 Å². The van der Waals surface area contributed by atoms with Crippen LogP contribution in [0.4, 0.5) is 0 Å². The standard InChI is InChI=1S/C15H31NO/c1-4-12-8-7-9-14(10-12)16-11-15(17)13(5-2)6-3/h12-17H,4-11H2,1-3H3. The molecule has 0 bridgehead atoms. The molecule has 0 spiro atoms. The van der Waals surface area contributed by atoms with Crippen LogP contribution in [0.25, 0.3) is 0 Å². The van der Waals surface area contributed by atoms with E-state index in [4.69, 9.17) is 0 Å². The zero-order valence-electron chi connectivity index (χ0n) is 11.9. The summed E-state index contributed by atoms with van der Waals surface area (Å²) in [6, 6.07) is 0.651. The monoisotopic (exact) mass is 241 g/mol. The van der Waals surface area contributed by atoms with Crippen molar-refractivity contribution in [3.63, 3.8) is 0 Å². The molecule has 3 atom stereocenters. The molecular formula is C15H31NO. The molecule has 0 radical (unpaired) electrons. The Balaban J connectivity index is 2.25. The molecule has 1 saturated carbocycles. The summed E-state index contributed by atoms with van der Waals surface area (Å²) in [5.41, 5.74) is 0. The van der Waals surface area contributed by atoms with Gasteiger partial charge in [0.2, 0.25) is 0 Å². The Kier molecular flexibility index (Phi) is 7.14. The van der Waals surface area contributed by atoms with Gasteiger partial charge in [0.1, 0.15) is 0 Å². The molecule has 1 fully saturated rings. The lowest BCUT2D eigenvalue weighted by Gasteiger charge is -2.31. The summed E-state index contributed by atoms with van der Waals surface area (Å²) < 4.78 is 0. The molecular weight excluding hydrogens is 210 g/mol. The minimum atomic E-state index is -0.160. The highest BCUT2D eigenvalue weighted by atomic mass is 16.3. The molecule has 2 heteroatoms. The van der Waals surface area contributed by atoms with Crippen molar-refractivity contribution in [2.75, 3.05) is 6.54 Å². The van der Waals surface area contributed by atoms with Crippen molar-refractivity contribution in [2.45, 2.75) is 77.9 Å². The quantitative estimate of drug-likeness (QED) is 0.716. The maximum Gasteiger partial charge on any atom is 0.0692 e. The number of hydrogen-bond acceptors (Lipinski definition) is 2. The van der Waals surface area contributed by atoms with Gasteiger partial charge in [-0.3, -0.25) is 0 Å². The van der Waals surface area contributed by atoms with E-state index in [2.05, 4.69) is 26.1 Å². The van der Waals surface area contributed by atoms with Crippen molar-refractivity contribution in [3.05, 3.63) is 0 Å². The Morgan fingerprint density at radius 2 is 1.88 bits per heavy atom. The lowest BCUT2D eigenvalue weighted by atomic mass is 9.84. The van der Waals surface area contributed by atoms with Gasteiger partial charge in [-0.05, 0) is 24.7 Å². The van der Waals surface area contributed by atoms with Crippen molar-refractivity contribution < 1.29 is 5.11 Å². The average Bonchev–Trinajstić information content (AvgIpc) is 2.38. The number of nitrogens with one attached hydrogen (secondary N) is 1. The van der Waals surface area contributed by atoms with E-state index < -0.39 is 0 Å². The fraction of sp³-hybridized carbons (Fsp3) is 1.00. The summed E-state index contributed by atoms with van der Waals surface area (Å²) >= 11 is 0. The van der Waals surface area contributed by atoms with E-state index in [1.165, 1.54) is 32.1 Å². The van der Waals surface area contributed by atoms with Crippen molar-refractivity contribution >= 4 is 0 Å². The Hall–Kier alpha value is -0.0800. The highest BCUT2D eigenvalue weighted by Gasteiger charge is 2.22. The van der Waals surface area contributed by atoms with Crippen LogP contribution in [-0.4, -0.2) is 23.8 Å². The summed E-state index contributed by atoms with van der Waals surface area (Å²) in [5.74, 6) is 1.37. The topological polar surface area (TPSA) is 32.3 Å². The van der Waals surface area contributed by atoms with Crippen LogP contribution in [0.2, 0.25) is 0 Å². The minimum absolute atomic E-state index is 0.160. The second-order valence-corrected chi connectivity index (χ2v) is 5.69. The number of rotatable bonds is 7. The number of hydrogen-bond donors (Lipinski definition) is 2. The summed E-state index contributed by atoms with van der Waals surface area (Å²) in [7, 11) is 0. The molecule has 102 valence electrons. The first kappa shape index (κ1) is 15.0. The minimum Gasteiger partial charge on any atom is -0.392 e. The predicted molar refractivity (Wildman–Crippen MR) is 74.1 cm³/mol. The Labute approximate surface area is 107 Å². The lowest BCUT2D eigenvalue weighted by molar-refractivity contribution is 0.0946. The molecule has 0 aliphatic heterocycles. The predicted octanol–water partition coefficient (Wildman–Crippen LogP) is 3.34. The molecule has 0 saturated heterocycles. The zero-order valence-corrected chi connectivity index (χ0v) is 11.9. The van der Waals surface area contributed by atoms with Crippen LogP contribution in [0.1, 0.15) is 65.7 Å². The van der Waals surface area contributed by atoms with E-state index in [1.54, 1.807) is 0 Å². The van der Waals surface area contributed by atoms with Crippen LogP contribution < -0.4 is 5.32 Å². The van der Waals surface area contributed by atoms with Gasteiger partial charge in [0.15, 0.2) is 0 Å². The van der Waals surface area contributed by atoms with Crippen molar-refractivity contribution in [3.8, 4) is 0 Å². The van der Waals surface area contributed by atoms with E-state index in [0.29, 0.717) is 12.0 Å². The molecule has 0 amide bonds. The Morgan fingerprint density at radius 3 is 2.47 bits per heavy atom. The van der Waals surface area contributed by atoms with Gasteiger partial charge in [-0.1, -0.05) is 52.9 Å². The fourth-order valence-corrected chi connectivity index (χ4v) is 3.13. The zero-order chi connectivity index (χ0) is 12.7. The van der Waals surface area contributed by atoms with Gasteiger partial charge in [-0.15, -0.1) is 0 Å². The van der Waals surface area contributed by atoms with E-state index in [9.17, 15) is 5.11 Å². The van der Waals surface area contributed by atoms with Crippen LogP contribution in [0.5, 0.6) is 0 Å². The molecule has 1 aliphatic carbocycles. The van der Waals surface area contributed by atoms with Crippen LogP contribution in [0.15, 0.2) is 0 Å². The molecule has 17 heavy (non-hydrogen) atoms. The van der Waals surface area contributed by atoms with Crippen LogP contribution in [-0.2, 0) is 0 Å². The van der Waals surface area contributed by atoms with Crippen molar-refractivity contribution in [1.29, 1.82) is 0 Å². The summed E-state index contributed by atoms with van der Waals surface area (Å²) in [6.45, 7) is 7.43. The highest BCUT2D eigenvalue weighted by molar-refractivity contribution is 4.79. The third-order valence-electron chi connectivity index (χ3n) is 4.57. The Bertz CT molecular complexity index is 191. The first-order chi connectivity index (χ1) is 8.21. The van der Waals surface area contributed by atoms with E-state index in [1.807, 2.05) is 0 Å². The molecule has 1 rings (SSSR count). The third-order valence-corrected chi connectivity index (χ3v) is 4.57. The van der Waals surface area contributed by atoms with Crippen LogP contribution in [0.3, 0.4) is 0 Å². The van der Waals surface area contributed by atoms with Gasteiger partial charge in [0, 0.05) is 12.6 Å². The highest BCUT2D eigenvalue weighted by Crippen LogP contribution is 2.26. The fourth-order valence-electron chi connectivity index (χ4n) is 3.13. The van der Waals surface area contributed by atoms with Gasteiger partial charge >= 0.3 is 0 Å². The lowest BCUT2D eigenvalue weighted by Crippen LogP contribution is -2.40. The molecule has 1 aliphatic rings. The van der Waals surface area contributed by atoms with E-state index >= 15 is 0 Å². The molecule has 2 nitrogen and oxygen atoms in total. The average molecular weight is 241 g/mol. The summed E-state index contributed by atoms with van der Waals surface area (Å²) in [5, 5.41) is 13.7. The van der Waals surface area contributed by atoms with E-state index in [-0.39, 0.29) is 6.10 Å². The second-order valence-electron chi connectivity index (χ2n) is 5.69. The maximum absolute atomic E-state index is 10.1. The SMILES string of the molecule is CCC1CCCC(NCC(O)C(CC)CC)C1. The third kappa shape index (κ3) is 4.97. The molecule has 0 heterocycles. The van der Waals surface area contributed by atoms with Crippen LogP contribution in [0, 0.1) is 11.8 Å². The first-order valence-corrected chi connectivity index (χ1v) is 7.62. The van der Waals surface area contributed by atoms with Gasteiger partial charge in [-0.25, -0.2) is 0 Å². The molecule has 0 aromatic rings. The summed E-state index contributed by atoms with van der Waals surface area (Å²) in [4.78, 5) is 0. The Morgan fingerprint density at radius 1 is 1.18 bits per heavy atom. The molecule has 0 aromatic carbocycles. The van der Waals surface area contributed by atoms with E-state index in [0.717, 1.165) is 25.3 Å². The van der Waals surface area contributed by atoms with Crippen LogP contribution >= 0.6 is 0 Å². The van der Waals surface area contributed by atoms with Gasteiger partial charge in [-0.2, -0.15) is 0 Å². The molecule has 2 N–H and O–H groups in total. The summed E-state index contributed by atoms with van der Waals surface area (Å²) in [6.07, 6.45) is 8.70. The largest absolute Gasteiger partial charge is 0.392 e. The number of aliphatic hydroxyl groups is 1. The van der Waals surface area contributed by atoms with Gasteiger partial charge < -0.3 is 10.4 Å². The number of aliphatic hydroxyl groups excluding tert-OH is 1. The normalized spacial score (nSPS) is 27.4. The molecule has 3 unspecified atom stereocenters. The maximum atomic E-state index is 10.1. The smallest absolute Gasteiger partial charge is 0.0692 e. The second kappa shape index (κ2) is 8.10.